The third kappa shape index (κ3) is 3.70. The van der Waals surface area contributed by atoms with Gasteiger partial charge in [-0.25, -0.2) is 0 Å². The van der Waals surface area contributed by atoms with Gasteiger partial charge in [0.2, 0.25) is 11.8 Å². The Balaban J connectivity index is 1.86. The number of likely N-dealkylation sites (tertiary alicyclic amines) is 1. The molecule has 2 aliphatic rings. The summed E-state index contributed by atoms with van der Waals surface area (Å²) < 4.78 is 5.50. The predicted molar refractivity (Wildman–Crippen MR) is 92.7 cm³/mol. The van der Waals surface area contributed by atoms with Crippen molar-refractivity contribution in [3.63, 3.8) is 0 Å². The fourth-order valence-electron chi connectivity index (χ4n) is 4.16. The number of amides is 2. The van der Waals surface area contributed by atoms with E-state index in [0.717, 1.165) is 5.56 Å². The Bertz CT molecular complexity index is 628. The van der Waals surface area contributed by atoms with Gasteiger partial charge in [0.1, 0.15) is 0 Å². The number of carbonyl (C=O) groups is 2. The molecule has 2 amide bonds. The first kappa shape index (κ1) is 17.9. The summed E-state index contributed by atoms with van der Waals surface area (Å²) in [5.41, 5.74) is 4.42. The highest BCUT2D eigenvalue weighted by Gasteiger charge is 2.46. The van der Waals surface area contributed by atoms with Crippen molar-refractivity contribution in [2.75, 3.05) is 26.3 Å². The minimum absolute atomic E-state index is 0.0181. The molecule has 1 atom stereocenters. The molecule has 2 aliphatic heterocycles. The van der Waals surface area contributed by atoms with Gasteiger partial charge in [-0.15, -0.1) is 0 Å². The molecule has 1 aromatic rings. The van der Waals surface area contributed by atoms with E-state index in [0.29, 0.717) is 45.4 Å². The number of benzene rings is 1. The molecular formula is C19H26N2O4. The lowest BCUT2D eigenvalue weighted by molar-refractivity contribution is -0.150. The average Bonchev–Trinajstić information content (AvgIpc) is 2.61. The van der Waals surface area contributed by atoms with Gasteiger partial charge in [-0.3, -0.25) is 9.59 Å². The van der Waals surface area contributed by atoms with Crippen molar-refractivity contribution in [2.24, 2.45) is 5.73 Å². The average molecular weight is 346 g/mol. The van der Waals surface area contributed by atoms with Crippen LogP contribution < -0.4 is 5.73 Å². The number of ether oxygens (including phenoxy) is 1. The van der Waals surface area contributed by atoms with E-state index < -0.39 is 16.9 Å². The van der Waals surface area contributed by atoms with Crippen LogP contribution in [0.1, 0.15) is 37.7 Å². The number of hydrogen-bond acceptors (Lipinski definition) is 4. The summed E-state index contributed by atoms with van der Waals surface area (Å²) in [6.07, 6.45) is 2.29. The molecule has 136 valence electrons. The highest BCUT2D eigenvalue weighted by Crippen LogP contribution is 2.38. The van der Waals surface area contributed by atoms with Crippen LogP contribution in [0.5, 0.6) is 0 Å². The van der Waals surface area contributed by atoms with Crippen molar-refractivity contribution in [1.82, 2.24) is 4.90 Å². The summed E-state index contributed by atoms with van der Waals surface area (Å²) in [6, 6.07) is 9.80. The van der Waals surface area contributed by atoms with Crippen LogP contribution in [0.3, 0.4) is 0 Å². The van der Waals surface area contributed by atoms with E-state index in [1.807, 2.05) is 30.3 Å². The Morgan fingerprint density at radius 3 is 2.48 bits per heavy atom. The molecular weight excluding hydrogens is 320 g/mol. The molecule has 3 N–H and O–H groups in total. The van der Waals surface area contributed by atoms with Crippen LogP contribution in [-0.4, -0.2) is 53.7 Å². The standard InChI is InChI=1S/C19H26N2O4/c20-16(22)13-18(24)7-4-10-21(14-18)17(23)19(8-11-25-12-9-19)15-5-2-1-3-6-15/h1-3,5-6,24H,4,7-14H2,(H2,20,22). The van der Waals surface area contributed by atoms with Crippen molar-refractivity contribution >= 4 is 11.8 Å². The maximum atomic E-state index is 13.5. The molecule has 0 spiro atoms. The van der Waals surface area contributed by atoms with Crippen LogP contribution in [0.25, 0.3) is 0 Å². The largest absolute Gasteiger partial charge is 0.388 e. The second kappa shape index (κ2) is 7.14. The Morgan fingerprint density at radius 2 is 1.84 bits per heavy atom. The lowest BCUT2D eigenvalue weighted by atomic mass is 9.72. The highest BCUT2D eigenvalue weighted by atomic mass is 16.5. The zero-order valence-corrected chi connectivity index (χ0v) is 14.4. The molecule has 25 heavy (non-hydrogen) atoms. The number of hydrogen-bond donors (Lipinski definition) is 2. The molecule has 0 aromatic heterocycles. The molecule has 2 saturated heterocycles. The number of rotatable bonds is 4. The molecule has 6 heteroatoms. The number of aliphatic hydroxyl groups is 1. The number of carbonyl (C=O) groups excluding carboxylic acids is 2. The molecule has 1 aromatic carbocycles. The van der Waals surface area contributed by atoms with Gasteiger partial charge in [0.05, 0.1) is 17.4 Å². The molecule has 1 unspecified atom stereocenters. The van der Waals surface area contributed by atoms with Crippen LogP contribution in [0.15, 0.2) is 30.3 Å². The summed E-state index contributed by atoms with van der Waals surface area (Å²) in [6.45, 7) is 1.83. The van der Waals surface area contributed by atoms with Crippen molar-refractivity contribution in [3.8, 4) is 0 Å². The quantitative estimate of drug-likeness (QED) is 0.849. The Kier molecular flexibility index (Phi) is 5.11. The van der Waals surface area contributed by atoms with Crippen LogP contribution in [0, 0.1) is 0 Å². The Morgan fingerprint density at radius 1 is 1.16 bits per heavy atom. The van der Waals surface area contributed by atoms with E-state index in [1.54, 1.807) is 4.90 Å². The van der Waals surface area contributed by atoms with Gasteiger partial charge in [-0.1, -0.05) is 30.3 Å². The van der Waals surface area contributed by atoms with Crippen molar-refractivity contribution < 1.29 is 19.4 Å². The smallest absolute Gasteiger partial charge is 0.233 e. The normalized spacial score (nSPS) is 26.2. The van der Waals surface area contributed by atoms with E-state index in [-0.39, 0.29) is 18.9 Å². The van der Waals surface area contributed by atoms with E-state index in [4.69, 9.17) is 10.5 Å². The second-order valence-electron chi connectivity index (χ2n) is 7.26. The maximum absolute atomic E-state index is 13.5. The lowest BCUT2D eigenvalue weighted by Gasteiger charge is -2.45. The minimum Gasteiger partial charge on any atom is -0.388 e. The Hall–Kier alpha value is -1.92. The number of nitrogens with zero attached hydrogens (tertiary/aromatic N) is 1. The summed E-state index contributed by atoms with van der Waals surface area (Å²) in [5, 5.41) is 10.7. The van der Waals surface area contributed by atoms with Crippen molar-refractivity contribution in [2.45, 2.75) is 43.1 Å². The highest BCUT2D eigenvalue weighted by molar-refractivity contribution is 5.88. The van der Waals surface area contributed by atoms with Gasteiger partial charge >= 0.3 is 0 Å². The van der Waals surface area contributed by atoms with Crippen LogP contribution in [0.4, 0.5) is 0 Å². The zero-order valence-electron chi connectivity index (χ0n) is 14.4. The number of piperidine rings is 1. The summed E-state index contributed by atoms with van der Waals surface area (Å²) in [7, 11) is 0. The van der Waals surface area contributed by atoms with E-state index in [9.17, 15) is 14.7 Å². The molecule has 3 rings (SSSR count). The molecule has 0 bridgehead atoms. The third-order valence-corrected chi connectivity index (χ3v) is 5.43. The predicted octanol–water partition coefficient (Wildman–Crippen LogP) is 0.964. The molecule has 0 aliphatic carbocycles. The fraction of sp³-hybridized carbons (Fsp3) is 0.579. The lowest BCUT2D eigenvalue weighted by Crippen LogP contribution is -2.57. The zero-order chi connectivity index (χ0) is 17.9. The van der Waals surface area contributed by atoms with Crippen LogP contribution >= 0.6 is 0 Å². The van der Waals surface area contributed by atoms with Gasteiger partial charge in [0.15, 0.2) is 0 Å². The summed E-state index contributed by atoms with van der Waals surface area (Å²) in [5.74, 6) is -0.523. The minimum atomic E-state index is -1.22. The van der Waals surface area contributed by atoms with Gasteiger partial charge in [-0.2, -0.15) is 0 Å². The number of primary amides is 1. The first-order chi connectivity index (χ1) is 12.0. The van der Waals surface area contributed by atoms with E-state index in [1.165, 1.54) is 0 Å². The SMILES string of the molecule is NC(=O)CC1(O)CCCN(C(=O)C2(c3ccccc3)CCOCC2)C1. The third-order valence-electron chi connectivity index (χ3n) is 5.43. The summed E-state index contributed by atoms with van der Waals surface area (Å²) >= 11 is 0. The van der Waals surface area contributed by atoms with E-state index in [2.05, 4.69) is 0 Å². The van der Waals surface area contributed by atoms with Crippen molar-refractivity contribution in [3.05, 3.63) is 35.9 Å². The number of β-amino-alcohol motifs (C(OH)–C–C–N with tert-alkyl or cyclic N) is 1. The van der Waals surface area contributed by atoms with Gasteiger partial charge in [0.25, 0.3) is 0 Å². The van der Waals surface area contributed by atoms with Gasteiger partial charge in [-0.05, 0) is 31.2 Å². The Labute approximate surface area is 147 Å². The molecule has 0 saturated carbocycles. The van der Waals surface area contributed by atoms with Gasteiger partial charge < -0.3 is 20.5 Å². The topological polar surface area (TPSA) is 92.9 Å². The first-order valence-electron chi connectivity index (χ1n) is 8.89. The van der Waals surface area contributed by atoms with Crippen molar-refractivity contribution in [1.29, 1.82) is 0 Å². The fourth-order valence-corrected chi connectivity index (χ4v) is 4.16. The maximum Gasteiger partial charge on any atom is 0.233 e. The summed E-state index contributed by atoms with van der Waals surface area (Å²) in [4.78, 5) is 26.5. The van der Waals surface area contributed by atoms with Crippen LogP contribution in [0.2, 0.25) is 0 Å². The van der Waals surface area contributed by atoms with Crippen LogP contribution in [-0.2, 0) is 19.7 Å². The monoisotopic (exact) mass is 346 g/mol. The second-order valence-corrected chi connectivity index (χ2v) is 7.26. The van der Waals surface area contributed by atoms with Gasteiger partial charge in [0, 0.05) is 26.3 Å². The molecule has 2 fully saturated rings. The van der Waals surface area contributed by atoms with E-state index >= 15 is 0 Å². The molecule has 2 heterocycles. The first-order valence-corrected chi connectivity index (χ1v) is 8.89. The molecule has 6 nitrogen and oxygen atoms in total. The number of nitrogens with two attached hydrogens (primary N) is 1. The molecule has 0 radical (unpaired) electrons.